The van der Waals surface area contributed by atoms with Crippen LogP contribution < -0.4 is 4.90 Å². The highest BCUT2D eigenvalue weighted by molar-refractivity contribution is 5.55. The third kappa shape index (κ3) is 3.41. The van der Waals surface area contributed by atoms with Gasteiger partial charge in [0.25, 0.3) is 0 Å². The van der Waals surface area contributed by atoms with Gasteiger partial charge in [0.15, 0.2) is 0 Å². The van der Waals surface area contributed by atoms with Crippen LogP contribution in [-0.2, 0) is 6.61 Å². The average molecular weight is 241 g/mol. The molecule has 0 aliphatic carbocycles. The van der Waals surface area contributed by atoms with E-state index >= 15 is 0 Å². The molecule has 0 atom stereocenters. The van der Waals surface area contributed by atoms with Crippen LogP contribution in [0.25, 0.3) is 0 Å². The molecule has 0 unspecified atom stereocenters. The van der Waals surface area contributed by atoms with Crippen molar-refractivity contribution in [3.05, 3.63) is 29.6 Å². The predicted octanol–water partition coefficient (Wildman–Crippen LogP) is 1.92. The Labute approximate surface area is 101 Å². The molecule has 17 heavy (non-hydrogen) atoms. The van der Waals surface area contributed by atoms with E-state index in [0.717, 1.165) is 0 Å². The molecule has 1 aromatic carbocycles. The molecular weight excluding hydrogens is 221 g/mol. The number of benzene rings is 1. The molecule has 0 saturated heterocycles. The van der Waals surface area contributed by atoms with Gasteiger partial charge in [0.05, 0.1) is 12.3 Å². The van der Waals surface area contributed by atoms with E-state index in [-0.39, 0.29) is 25.1 Å². The Kier molecular flexibility index (Phi) is 5.38. The van der Waals surface area contributed by atoms with Crippen molar-refractivity contribution in [2.75, 3.05) is 18.1 Å². The van der Waals surface area contributed by atoms with E-state index < -0.39 is 0 Å². The lowest BCUT2D eigenvalue weighted by molar-refractivity contribution is 0.280. The summed E-state index contributed by atoms with van der Waals surface area (Å²) in [6.07, 6.45) is 0.581. The van der Waals surface area contributed by atoms with Crippen LogP contribution in [0.15, 0.2) is 18.2 Å². The molecule has 3 nitrogen and oxygen atoms in total. The van der Waals surface area contributed by atoms with Crippen LogP contribution in [0, 0.1) is 5.82 Å². The van der Waals surface area contributed by atoms with E-state index in [1.807, 2.05) is 18.7 Å². The first-order valence-corrected chi connectivity index (χ1v) is 5.87. The van der Waals surface area contributed by atoms with Gasteiger partial charge in [-0.1, -0.05) is 12.1 Å². The maximum Gasteiger partial charge on any atom is 0.146 e. The van der Waals surface area contributed by atoms with E-state index in [1.54, 1.807) is 12.1 Å². The molecule has 0 amide bonds. The van der Waals surface area contributed by atoms with Gasteiger partial charge in [0.2, 0.25) is 0 Å². The van der Waals surface area contributed by atoms with Crippen LogP contribution in [0.4, 0.5) is 10.1 Å². The van der Waals surface area contributed by atoms with Crippen molar-refractivity contribution in [2.24, 2.45) is 0 Å². The van der Waals surface area contributed by atoms with E-state index in [9.17, 15) is 9.50 Å². The Morgan fingerprint density at radius 1 is 1.29 bits per heavy atom. The molecule has 0 fully saturated rings. The van der Waals surface area contributed by atoms with Crippen molar-refractivity contribution >= 4 is 5.69 Å². The molecule has 0 aliphatic heterocycles. The standard InChI is InChI=1S/C13H20FNO2/c1-10(2)15(7-4-8-16)13-11(9-17)5-3-6-12(13)14/h3,5-6,10,16-17H,4,7-9H2,1-2H3. The molecule has 0 saturated carbocycles. The van der Waals surface area contributed by atoms with Crippen LogP contribution in [0.2, 0.25) is 0 Å². The van der Waals surface area contributed by atoms with Crippen LogP contribution in [0.5, 0.6) is 0 Å². The minimum absolute atomic E-state index is 0.0755. The lowest BCUT2D eigenvalue weighted by Gasteiger charge is -2.30. The number of nitrogens with zero attached hydrogens (tertiary/aromatic N) is 1. The topological polar surface area (TPSA) is 43.7 Å². The Balaban J connectivity index is 3.07. The number of hydrogen-bond donors (Lipinski definition) is 2. The Hall–Kier alpha value is -1.13. The molecule has 0 aromatic heterocycles. The quantitative estimate of drug-likeness (QED) is 0.799. The average Bonchev–Trinajstić information content (AvgIpc) is 2.30. The van der Waals surface area contributed by atoms with Gasteiger partial charge in [0, 0.05) is 24.8 Å². The Morgan fingerprint density at radius 3 is 2.53 bits per heavy atom. The predicted molar refractivity (Wildman–Crippen MR) is 66.5 cm³/mol. The summed E-state index contributed by atoms with van der Waals surface area (Å²) in [5, 5.41) is 18.1. The lowest BCUT2D eigenvalue weighted by Crippen LogP contribution is -2.33. The summed E-state index contributed by atoms with van der Waals surface area (Å²) in [6.45, 7) is 4.39. The van der Waals surface area contributed by atoms with Gasteiger partial charge in [-0.05, 0) is 26.3 Å². The summed E-state index contributed by atoms with van der Waals surface area (Å²) < 4.78 is 13.9. The number of aliphatic hydroxyl groups excluding tert-OH is 2. The van der Waals surface area contributed by atoms with Gasteiger partial charge in [-0.3, -0.25) is 0 Å². The van der Waals surface area contributed by atoms with Gasteiger partial charge >= 0.3 is 0 Å². The largest absolute Gasteiger partial charge is 0.396 e. The van der Waals surface area contributed by atoms with Crippen molar-refractivity contribution in [1.29, 1.82) is 0 Å². The summed E-state index contributed by atoms with van der Waals surface area (Å²) in [7, 11) is 0. The molecule has 0 aliphatic rings. The zero-order chi connectivity index (χ0) is 12.8. The van der Waals surface area contributed by atoms with Gasteiger partial charge in [-0.15, -0.1) is 0 Å². The van der Waals surface area contributed by atoms with Gasteiger partial charge in [-0.25, -0.2) is 4.39 Å². The summed E-state index contributed by atoms with van der Waals surface area (Å²) in [5.74, 6) is -0.330. The summed E-state index contributed by atoms with van der Waals surface area (Å²) in [5.41, 5.74) is 1.02. The van der Waals surface area contributed by atoms with Crippen LogP contribution in [0.1, 0.15) is 25.8 Å². The van der Waals surface area contributed by atoms with Crippen molar-refractivity contribution in [1.82, 2.24) is 0 Å². The molecule has 1 rings (SSSR count). The van der Waals surface area contributed by atoms with E-state index in [4.69, 9.17) is 5.11 Å². The third-order valence-electron chi connectivity index (χ3n) is 2.71. The first-order valence-electron chi connectivity index (χ1n) is 5.87. The maximum absolute atomic E-state index is 13.9. The van der Waals surface area contributed by atoms with Crippen LogP contribution in [-0.4, -0.2) is 29.4 Å². The highest BCUT2D eigenvalue weighted by Crippen LogP contribution is 2.26. The molecular formula is C13H20FNO2. The minimum atomic E-state index is -0.330. The molecule has 96 valence electrons. The van der Waals surface area contributed by atoms with E-state index in [1.165, 1.54) is 6.07 Å². The van der Waals surface area contributed by atoms with E-state index in [0.29, 0.717) is 24.2 Å². The highest BCUT2D eigenvalue weighted by atomic mass is 19.1. The number of rotatable bonds is 6. The highest BCUT2D eigenvalue weighted by Gasteiger charge is 2.17. The number of halogens is 1. The van der Waals surface area contributed by atoms with Crippen molar-refractivity contribution in [3.63, 3.8) is 0 Å². The normalized spacial score (nSPS) is 10.9. The fraction of sp³-hybridized carbons (Fsp3) is 0.538. The molecule has 0 bridgehead atoms. The zero-order valence-electron chi connectivity index (χ0n) is 10.4. The number of para-hydroxylation sites is 1. The monoisotopic (exact) mass is 241 g/mol. The van der Waals surface area contributed by atoms with Crippen molar-refractivity contribution in [2.45, 2.75) is 32.9 Å². The lowest BCUT2D eigenvalue weighted by atomic mass is 10.1. The fourth-order valence-electron chi connectivity index (χ4n) is 1.88. The van der Waals surface area contributed by atoms with Crippen LogP contribution in [0.3, 0.4) is 0 Å². The smallest absolute Gasteiger partial charge is 0.146 e. The second kappa shape index (κ2) is 6.57. The molecule has 1 aromatic rings. The minimum Gasteiger partial charge on any atom is -0.396 e. The number of hydrogen-bond acceptors (Lipinski definition) is 3. The number of anilines is 1. The molecule has 0 heterocycles. The molecule has 2 N–H and O–H groups in total. The van der Waals surface area contributed by atoms with Gasteiger partial charge in [0.1, 0.15) is 5.82 Å². The SMILES string of the molecule is CC(C)N(CCCO)c1c(F)cccc1CO. The first-order chi connectivity index (χ1) is 8.11. The zero-order valence-corrected chi connectivity index (χ0v) is 10.4. The second-order valence-electron chi connectivity index (χ2n) is 4.27. The second-order valence-corrected chi connectivity index (χ2v) is 4.27. The number of aliphatic hydroxyl groups is 2. The molecule has 0 spiro atoms. The van der Waals surface area contributed by atoms with Gasteiger partial charge in [-0.2, -0.15) is 0 Å². The van der Waals surface area contributed by atoms with Crippen molar-refractivity contribution in [3.8, 4) is 0 Å². The Bertz CT molecular complexity index is 355. The van der Waals surface area contributed by atoms with Crippen molar-refractivity contribution < 1.29 is 14.6 Å². The van der Waals surface area contributed by atoms with Gasteiger partial charge < -0.3 is 15.1 Å². The maximum atomic E-state index is 13.9. The third-order valence-corrected chi connectivity index (χ3v) is 2.71. The molecule has 0 radical (unpaired) electrons. The summed E-state index contributed by atoms with van der Waals surface area (Å²) in [6, 6.07) is 4.81. The van der Waals surface area contributed by atoms with Crippen LogP contribution >= 0.6 is 0 Å². The molecule has 4 heteroatoms. The summed E-state index contributed by atoms with van der Waals surface area (Å²) in [4.78, 5) is 1.87. The van der Waals surface area contributed by atoms with E-state index in [2.05, 4.69) is 0 Å². The summed E-state index contributed by atoms with van der Waals surface area (Å²) >= 11 is 0. The fourth-order valence-corrected chi connectivity index (χ4v) is 1.88. The first kappa shape index (κ1) is 13.9. The Morgan fingerprint density at radius 2 is 2.00 bits per heavy atom.